The lowest BCUT2D eigenvalue weighted by Gasteiger charge is -2.41. The van der Waals surface area contributed by atoms with Crippen molar-refractivity contribution in [1.29, 1.82) is 0 Å². The van der Waals surface area contributed by atoms with Crippen LogP contribution in [0.2, 0.25) is 0 Å². The van der Waals surface area contributed by atoms with Gasteiger partial charge in [0.25, 0.3) is 5.91 Å². The van der Waals surface area contributed by atoms with Crippen LogP contribution in [0.1, 0.15) is 29.0 Å². The summed E-state index contributed by atoms with van der Waals surface area (Å²) in [5, 5.41) is 11.7. The Morgan fingerprint density at radius 2 is 2.07 bits per heavy atom. The maximum absolute atomic E-state index is 13.0. The summed E-state index contributed by atoms with van der Waals surface area (Å²) in [5.41, 5.74) is 6.81. The fourth-order valence-corrected chi connectivity index (χ4v) is 5.03. The SMILES string of the molecule is Nc1nc2c(s1)CN(CC1(O)CCCN(CCc3ccccc3)C1=O)CC2. The highest BCUT2D eigenvalue weighted by Crippen LogP contribution is 2.30. The van der Waals surface area contributed by atoms with Crippen molar-refractivity contribution in [3.8, 4) is 0 Å². The zero-order valence-electron chi connectivity index (χ0n) is 15.4. The molecule has 6 nitrogen and oxygen atoms in total. The fraction of sp³-hybridized carbons (Fsp3) is 0.500. The van der Waals surface area contributed by atoms with Gasteiger partial charge in [-0.1, -0.05) is 30.3 Å². The lowest BCUT2D eigenvalue weighted by Crippen LogP contribution is -2.59. The number of β-amino-alcohol motifs (C(OH)–C–C–N with tert-alkyl or cyclic N) is 1. The number of carbonyl (C=O) groups excluding carboxylic acids is 1. The zero-order valence-corrected chi connectivity index (χ0v) is 16.2. The number of fused-ring (bicyclic) bond motifs is 1. The summed E-state index contributed by atoms with van der Waals surface area (Å²) in [6, 6.07) is 10.2. The van der Waals surface area contributed by atoms with Crippen LogP contribution in [0, 0.1) is 0 Å². The molecular weight excluding hydrogens is 360 g/mol. The average molecular weight is 387 g/mol. The smallest absolute Gasteiger partial charge is 0.255 e. The molecular formula is C20H26N4O2S. The number of amides is 1. The topological polar surface area (TPSA) is 82.7 Å². The van der Waals surface area contributed by atoms with E-state index in [1.807, 2.05) is 23.1 Å². The van der Waals surface area contributed by atoms with Crippen molar-refractivity contribution in [3.63, 3.8) is 0 Å². The van der Waals surface area contributed by atoms with Crippen molar-refractivity contribution >= 4 is 22.4 Å². The van der Waals surface area contributed by atoms with Crippen molar-refractivity contribution in [3.05, 3.63) is 46.5 Å². The van der Waals surface area contributed by atoms with E-state index in [4.69, 9.17) is 5.73 Å². The van der Waals surface area contributed by atoms with Gasteiger partial charge in [-0.3, -0.25) is 9.69 Å². The van der Waals surface area contributed by atoms with Gasteiger partial charge >= 0.3 is 0 Å². The van der Waals surface area contributed by atoms with Gasteiger partial charge in [-0.15, -0.1) is 11.3 Å². The largest absolute Gasteiger partial charge is 0.379 e. The molecule has 1 fully saturated rings. The summed E-state index contributed by atoms with van der Waals surface area (Å²) in [5.74, 6) is -0.126. The number of nitrogens with zero attached hydrogens (tertiary/aromatic N) is 3. The predicted molar refractivity (Wildman–Crippen MR) is 106 cm³/mol. The Morgan fingerprint density at radius 3 is 2.89 bits per heavy atom. The van der Waals surface area contributed by atoms with E-state index in [1.165, 1.54) is 16.9 Å². The average Bonchev–Trinajstić information content (AvgIpc) is 3.03. The van der Waals surface area contributed by atoms with Crippen LogP contribution in [-0.4, -0.2) is 57.6 Å². The van der Waals surface area contributed by atoms with Gasteiger partial charge in [0.2, 0.25) is 0 Å². The molecule has 144 valence electrons. The Kier molecular flexibility index (Phi) is 5.16. The molecule has 1 aromatic carbocycles. The number of aliphatic hydroxyl groups is 1. The quantitative estimate of drug-likeness (QED) is 0.817. The summed E-state index contributed by atoms with van der Waals surface area (Å²) in [4.78, 5) is 22.5. The molecule has 3 N–H and O–H groups in total. The van der Waals surface area contributed by atoms with Gasteiger partial charge in [0.15, 0.2) is 10.7 Å². The number of thiazole rings is 1. The first-order valence-electron chi connectivity index (χ1n) is 9.56. The second-order valence-corrected chi connectivity index (χ2v) is 8.66. The molecule has 2 aromatic rings. The molecule has 0 saturated carbocycles. The normalized spacial score (nSPS) is 23.4. The van der Waals surface area contributed by atoms with Crippen molar-refractivity contribution < 1.29 is 9.90 Å². The second kappa shape index (κ2) is 7.58. The third kappa shape index (κ3) is 4.00. The highest BCUT2D eigenvalue weighted by Gasteiger charge is 2.43. The van der Waals surface area contributed by atoms with Crippen LogP contribution in [0.5, 0.6) is 0 Å². The summed E-state index contributed by atoms with van der Waals surface area (Å²) >= 11 is 1.51. The Balaban J connectivity index is 1.39. The van der Waals surface area contributed by atoms with E-state index in [2.05, 4.69) is 22.0 Å². The van der Waals surface area contributed by atoms with E-state index in [0.29, 0.717) is 31.2 Å². The standard InChI is InChI=1S/C20H26N4O2S/c21-19-22-16-8-11-23(13-17(16)27-19)14-20(26)9-4-10-24(18(20)25)12-7-15-5-2-1-3-6-15/h1-3,5-6,26H,4,7-14H2,(H2,21,22). The number of likely N-dealkylation sites (tertiary alicyclic amines) is 1. The minimum atomic E-state index is -1.29. The highest BCUT2D eigenvalue weighted by molar-refractivity contribution is 7.15. The maximum Gasteiger partial charge on any atom is 0.255 e. The molecule has 1 aromatic heterocycles. The van der Waals surface area contributed by atoms with Gasteiger partial charge in [-0.25, -0.2) is 4.98 Å². The van der Waals surface area contributed by atoms with Gasteiger partial charge < -0.3 is 15.7 Å². The molecule has 1 amide bonds. The van der Waals surface area contributed by atoms with Crippen LogP contribution < -0.4 is 5.73 Å². The number of anilines is 1. The van der Waals surface area contributed by atoms with Crippen LogP contribution >= 0.6 is 11.3 Å². The Morgan fingerprint density at radius 1 is 1.26 bits per heavy atom. The number of hydrogen-bond donors (Lipinski definition) is 2. The number of benzene rings is 1. The first kappa shape index (κ1) is 18.4. The molecule has 1 saturated heterocycles. The van der Waals surface area contributed by atoms with E-state index in [0.717, 1.165) is 42.9 Å². The monoisotopic (exact) mass is 386 g/mol. The van der Waals surface area contributed by atoms with E-state index in [-0.39, 0.29) is 5.91 Å². The molecule has 0 bridgehead atoms. The number of piperidine rings is 1. The number of nitrogen functional groups attached to an aromatic ring is 1. The van der Waals surface area contributed by atoms with Gasteiger partial charge in [0.1, 0.15) is 0 Å². The number of hydrogen-bond acceptors (Lipinski definition) is 6. The Hall–Kier alpha value is -1.96. The fourth-order valence-electron chi connectivity index (χ4n) is 4.11. The molecule has 4 rings (SSSR count). The molecule has 7 heteroatoms. The lowest BCUT2D eigenvalue weighted by atomic mass is 9.90. The number of aromatic nitrogens is 1. The second-order valence-electron chi connectivity index (χ2n) is 7.55. The molecule has 0 spiro atoms. The zero-order chi connectivity index (χ0) is 18.9. The molecule has 2 aliphatic heterocycles. The van der Waals surface area contributed by atoms with E-state index >= 15 is 0 Å². The maximum atomic E-state index is 13.0. The van der Waals surface area contributed by atoms with Crippen LogP contribution in [0.15, 0.2) is 30.3 Å². The highest BCUT2D eigenvalue weighted by atomic mass is 32.1. The number of rotatable bonds is 5. The van der Waals surface area contributed by atoms with Gasteiger partial charge in [-0.2, -0.15) is 0 Å². The molecule has 2 aliphatic rings. The molecule has 0 aliphatic carbocycles. The Labute approximate surface area is 163 Å². The van der Waals surface area contributed by atoms with Gasteiger partial charge in [-0.05, 0) is 24.8 Å². The van der Waals surface area contributed by atoms with Crippen molar-refractivity contribution in [1.82, 2.24) is 14.8 Å². The predicted octanol–water partition coefficient (Wildman–Crippen LogP) is 1.68. The van der Waals surface area contributed by atoms with E-state index in [9.17, 15) is 9.90 Å². The van der Waals surface area contributed by atoms with Crippen molar-refractivity contribution in [2.45, 2.75) is 37.8 Å². The van der Waals surface area contributed by atoms with E-state index < -0.39 is 5.60 Å². The summed E-state index contributed by atoms with van der Waals surface area (Å²) < 4.78 is 0. The van der Waals surface area contributed by atoms with Gasteiger partial charge in [0.05, 0.1) is 5.69 Å². The Bertz CT molecular complexity index is 810. The molecule has 3 heterocycles. The molecule has 0 radical (unpaired) electrons. The first-order valence-corrected chi connectivity index (χ1v) is 10.4. The minimum absolute atomic E-state index is 0.126. The van der Waals surface area contributed by atoms with Crippen LogP contribution in [0.3, 0.4) is 0 Å². The lowest BCUT2D eigenvalue weighted by molar-refractivity contribution is -0.159. The minimum Gasteiger partial charge on any atom is -0.379 e. The van der Waals surface area contributed by atoms with Gasteiger partial charge in [0, 0.05) is 44.0 Å². The van der Waals surface area contributed by atoms with Crippen molar-refractivity contribution in [2.24, 2.45) is 0 Å². The van der Waals surface area contributed by atoms with E-state index in [1.54, 1.807) is 0 Å². The number of carbonyl (C=O) groups is 1. The molecule has 27 heavy (non-hydrogen) atoms. The summed E-state index contributed by atoms with van der Waals surface area (Å²) in [6.45, 7) is 3.27. The molecule has 1 atom stereocenters. The summed E-state index contributed by atoms with van der Waals surface area (Å²) in [7, 11) is 0. The third-order valence-corrected chi connectivity index (χ3v) is 6.44. The van der Waals surface area contributed by atoms with Crippen LogP contribution in [-0.2, 0) is 24.2 Å². The van der Waals surface area contributed by atoms with Crippen molar-refractivity contribution in [2.75, 3.05) is 31.9 Å². The number of nitrogens with two attached hydrogens (primary N) is 1. The summed E-state index contributed by atoms with van der Waals surface area (Å²) in [6.07, 6.45) is 3.01. The van der Waals surface area contributed by atoms with Crippen LogP contribution in [0.4, 0.5) is 5.13 Å². The molecule has 1 unspecified atom stereocenters. The van der Waals surface area contributed by atoms with Crippen LogP contribution in [0.25, 0.3) is 0 Å². The third-order valence-electron chi connectivity index (χ3n) is 5.53. The first-order chi connectivity index (χ1) is 13.0.